The van der Waals surface area contributed by atoms with Crippen molar-refractivity contribution >= 4 is 11.8 Å². The average Bonchev–Trinajstić information content (AvgIpc) is 2.87. The van der Waals surface area contributed by atoms with Gasteiger partial charge in [0.15, 0.2) is 0 Å². The highest BCUT2D eigenvalue weighted by atomic mass is 32.2. The smallest absolute Gasteiger partial charge is 0.114 e. The summed E-state index contributed by atoms with van der Waals surface area (Å²) in [7, 11) is 1.97. The minimum atomic E-state index is 0.149. The predicted octanol–water partition coefficient (Wildman–Crippen LogP) is 2.50. The van der Waals surface area contributed by atoms with Gasteiger partial charge in [-0.25, -0.2) is 0 Å². The first kappa shape index (κ1) is 13.2. The quantitative estimate of drug-likeness (QED) is 0.844. The maximum Gasteiger partial charge on any atom is 0.114 e. The number of nitrogens with zero attached hydrogens (tertiary/aromatic N) is 2. The lowest BCUT2D eigenvalue weighted by Crippen LogP contribution is -2.18. The molecule has 0 fully saturated rings. The maximum absolute atomic E-state index is 5.90. The summed E-state index contributed by atoms with van der Waals surface area (Å²) in [5.74, 6) is 1.79. The van der Waals surface area contributed by atoms with Gasteiger partial charge in [-0.1, -0.05) is 11.8 Å². The lowest BCUT2D eigenvalue weighted by Gasteiger charge is -2.08. The fourth-order valence-electron chi connectivity index (χ4n) is 1.95. The van der Waals surface area contributed by atoms with E-state index in [0.717, 1.165) is 23.6 Å². The third-order valence-corrected chi connectivity index (χ3v) is 3.96. The number of aromatic nitrogens is 2. The van der Waals surface area contributed by atoms with Crippen LogP contribution in [-0.4, -0.2) is 15.8 Å². The number of nitrogens with two attached hydrogens (primary N) is 1. The van der Waals surface area contributed by atoms with E-state index in [1.54, 1.807) is 18.0 Å². The summed E-state index contributed by atoms with van der Waals surface area (Å²) in [6.07, 6.45) is 2.56. The largest absolute Gasteiger partial charge is 0.468 e. The van der Waals surface area contributed by atoms with Gasteiger partial charge < -0.3 is 10.2 Å². The van der Waals surface area contributed by atoms with E-state index in [-0.39, 0.29) is 6.04 Å². The molecule has 0 bridgehead atoms. The van der Waals surface area contributed by atoms with Crippen LogP contribution in [0.2, 0.25) is 0 Å². The molecule has 2 rings (SSSR count). The summed E-state index contributed by atoms with van der Waals surface area (Å²) < 4.78 is 7.28. The third kappa shape index (κ3) is 2.97. The van der Waals surface area contributed by atoms with Crippen LogP contribution in [0.4, 0.5) is 0 Å². The van der Waals surface area contributed by atoms with E-state index >= 15 is 0 Å². The number of furan rings is 1. The van der Waals surface area contributed by atoms with Gasteiger partial charge in [-0.2, -0.15) is 5.10 Å². The van der Waals surface area contributed by atoms with Crippen molar-refractivity contribution in [2.24, 2.45) is 12.8 Å². The van der Waals surface area contributed by atoms with Crippen LogP contribution in [0.15, 0.2) is 27.8 Å². The van der Waals surface area contributed by atoms with E-state index in [2.05, 4.69) is 5.10 Å². The molecular formula is C13H19N3OS. The SMILES string of the molecule is Cc1nn(C)c(SCc2ccco2)c1CC(C)N. The van der Waals surface area contributed by atoms with Crippen molar-refractivity contribution < 1.29 is 4.42 Å². The maximum atomic E-state index is 5.90. The minimum absolute atomic E-state index is 0.149. The molecule has 0 amide bonds. The van der Waals surface area contributed by atoms with E-state index in [9.17, 15) is 0 Å². The normalized spacial score (nSPS) is 12.9. The Labute approximate surface area is 112 Å². The highest BCUT2D eigenvalue weighted by Gasteiger charge is 2.15. The number of hydrogen-bond acceptors (Lipinski definition) is 4. The van der Waals surface area contributed by atoms with Crippen molar-refractivity contribution in [3.8, 4) is 0 Å². The van der Waals surface area contributed by atoms with Crippen molar-refractivity contribution in [1.29, 1.82) is 0 Å². The lowest BCUT2D eigenvalue weighted by atomic mass is 10.1. The van der Waals surface area contributed by atoms with Gasteiger partial charge in [0, 0.05) is 18.7 Å². The van der Waals surface area contributed by atoms with E-state index in [0.29, 0.717) is 0 Å². The van der Waals surface area contributed by atoms with Crippen LogP contribution in [0.25, 0.3) is 0 Å². The molecule has 18 heavy (non-hydrogen) atoms. The van der Waals surface area contributed by atoms with Gasteiger partial charge in [0.1, 0.15) is 5.76 Å². The van der Waals surface area contributed by atoms with Gasteiger partial charge in [0.2, 0.25) is 0 Å². The molecule has 2 aromatic heterocycles. The second-order valence-corrected chi connectivity index (χ2v) is 5.51. The molecule has 0 saturated heterocycles. The van der Waals surface area contributed by atoms with Gasteiger partial charge in [-0.05, 0) is 32.4 Å². The molecule has 0 aliphatic rings. The van der Waals surface area contributed by atoms with Crippen molar-refractivity contribution in [3.05, 3.63) is 35.4 Å². The Hall–Kier alpha value is -1.20. The van der Waals surface area contributed by atoms with Crippen LogP contribution in [0.1, 0.15) is 23.9 Å². The van der Waals surface area contributed by atoms with Crippen molar-refractivity contribution in [1.82, 2.24) is 9.78 Å². The molecule has 0 aliphatic heterocycles. The molecule has 4 nitrogen and oxygen atoms in total. The van der Waals surface area contributed by atoms with Crippen LogP contribution >= 0.6 is 11.8 Å². The molecule has 1 unspecified atom stereocenters. The minimum Gasteiger partial charge on any atom is -0.468 e. The number of aryl methyl sites for hydroxylation is 2. The molecule has 2 N–H and O–H groups in total. The highest BCUT2D eigenvalue weighted by molar-refractivity contribution is 7.98. The Morgan fingerprint density at radius 2 is 2.33 bits per heavy atom. The molecule has 0 radical (unpaired) electrons. The number of hydrogen-bond donors (Lipinski definition) is 1. The molecule has 0 saturated carbocycles. The Morgan fingerprint density at radius 3 is 2.94 bits per heavy atom. The molecule has 2 heterocycles. The molecule has 0 spiro atoms. The molecule has 2 aromatic rings. The summed E-state index contributed by atoms with van der Waals surface area (Å²) in [4.78, 5) is 0. The predicted molar refractivity (Wildman–Crippen MR) is 73.6 cm³/mol. The molecule has 0 aliphatic carbocycles. The zero-order chi connectivity index (χ0) is 13.1. The topological polar surface area (TPSA) is 57.0 Å². The Bertz CT molecular complexity index is 503. The fourth-order valence-corrected chi connectivity index (χ4v) is 3.03. The molecule has 5 heteroatoms. The average molecular weight is 265 g/mol. The Balaban J connectivity index is 2.15. The van der Waals surface area contributed by atoms with Gasteiger partial charge in [0.25, 0.3) is 0 Å². The van der Waals surface area contributed by atoms with Gasteiger partial charge in [-0.15, -0.1) is 0 Å². The van der Waals surface area contributed by atoms with E-state index in [1.165, 1.54) is 10.6 Å². The highest BCUT2D eigenvalue weighted by Crippen LogP contribution is 2.28. The van der Waals surface area contributed by atoms with Gasteiger partial charge in [0.05, 0.1) is 22.7 Å². The molecule has 98 valence electrons. The fraction of sp³-hybridized carbons (Fsp3) is 0.462. The second kappa shape index (κ2) is 5.63. The van der Waals surface area contributed by atoms with E-state index < -0.39 is 0 Å². The standard InChI is InChI=1S/C13H19N3OS/c1-9(14)7-12-10(2)15-16(3)13(12)18-8-11-5-4-6-17-11/h4-6,9H,7-8,14H2,1-3H3. The van der Waals surface area contributed by atoms with E-state index in [1.807, 2.05) is 37.7 Å². The Morgan fingerprint density at radius 1 is 1.56 bits per heavy atom. The first-order chi connectivity index (χ1) is 8.58. The number of rotatable bonds is 5. The van der Waals surface area contributed by atoms with Crippen LogP contribution in [0, 0.1) is 6.92 Å². The molecular weight excluding hydrogens is 246 g/mol. The first-order valence-electron chi connectivity index (χ1n) is 6.01. The van der Waals surface area contributed by atoms with Crippen molar-refractivity contribution in [3.63, 3.8) is 0 Å². The third-order valence-electron chi connectivity index (χ3n) is 2.75. The zero-order valence-corrected chi connectivity index (χ0v) is 11.8. The van der Waals surface area contributed by atoms with Crippen molar-refractivity contribution in [2.75, 3.05) is 0 Å². The van der Waals surface area contributed by atoms with Crippen LogP contribution in [-0.2, 0) is 19.2 Å². The van der Waals surface area contributed by atoms with Crippen LogP contribution < -0.4 is 5.73 Å². The van der Waals surface area contributed by atoms with Crippen molar-refractivity contribution in [2.45, 2.75) is 37.1 Å². The summed E-state index contributed by atoms with van der Waals surface area (Å²) in [6, 6.07) is 4.05. The monoisotopic (exact) mass is 265 g/mol. The van der Waals surface area contributed by atoms with E-state index in [4.69, 9.17) is 10.2 Å². The first-order valence-corrected chi connectivity index (χ1v) is 6.99. The lowest BCUT2D eigenvalue weighted by molar-refractivity contribution is 0.530. The summed E-state index contributed by atoms with van der Waals surface area (Å²) in [5.41, 5.74) is 8.22. The second-order valence-electron chi connectivity index (χ2n) is 4.54. The molecule has 1 atom stereocenters. The van der Waals surface area contributed by atoms with Crippen LogP contribution in [0.3, 0.4) is 0 Å². The van der Waals surface area contributed by atoms with Gasteiger partial charge >= 0.3 is 0 Å². The Kier molecular flexibility index (Phi) is 4.14. The summed E-state index contributed by atoms with van der Waals surface area (Å²) in [6.45, 7) is 4.06. The van der Waals surface area contributed by atoms with Crippen LogP contribution in [0.5, 0.6) is 0 Å². The number of thioether (sulfide) groups is 1. The summed E-state index contributed by atoms with van der Waals surface area (Å²) >= 11 is 1.75. The molecule has 0 aromatic carbocycles. The van der Waals surface area contributed by atoms with Gasteiger partial charge in [-0.3, -0.25) is 4.68 Å². The summed E-state index contributed by atoms with van der Waals surface area (Å²) in [5, 5.41) is 5.66. The zero-order valence-electron chi connectivity index (χ0n) is 11.0.